The molecule has 1 amide bonds. The number of hydrogen-bond acceptors (Lipinski definition) is 3. The van der Waals surface area contributed by atoms with Crippen LogP contribution in [0.4, 0.5) is 23.2 Å². The first kappa shape index (κ1) is 19.2. The van der Waals surface area contributed by atoms with E-state index in [0.29, 0.717) is 11.3 Å². The maximum absolute atomic E-state index is 13.0. The molecule has 0 saturated carbocycles. The smallest absolute Gasteiger partial charge is 0.406 e. The van der Waals surface area contributed by atoms with Crippen molar-refractivity contribution in [2.75, 3.05) is 5.32 Å². The summed E-state index contributed by atoms with van der Waals surface area (Å²) < 4.78 is 53.6. The number of anilines is 1. The van der Waals surface area contributed by atoms with Gasteiger partial charge in [0.1, 0.15) is 17.1 Å². The van der Waals surface area contributed by atoms with Crippen LogP contribution >= 0.6 is 0 Å². The Kier molecular flexibility index (Phi) is 5.16. The largest absolute Gasteiger partial charge is 0.573 e. The van der Waals surface area contributed by atoms with Crippen LogP contribution in [0.2, 0.25) is 0 Å². The van der Waals surface area contributed by atoms with Crippen LogP contribution in [0, 0.1) is 5.82 Å². The molecule has 2 N–H and O–H groups in total. The summed E-state index contributed by atoms with van der Waals surface area (Å²) in [5, 5.41) is 2.34. The molecule has 0 bridgehead atoms. The fourth-order valence-corrected chi connectivity index (χ4v) is 2.42. The third-order valence-corrected chi connectivity index (χ3v) is 3.63. The lowest BCUT2D eigenvalue weighted by Gasteiger charge is -2.11. The van der Waals surface area contributed by atoms with Crippen LogP contribution in [0.15, 0.2) is 65.5 Å². The van der Waals surface area contributed by atoms with Crippen LogP contribution in [-0.2, 0) is 0 Å². The molecule has 5 nitrogen and oxygen atoms in total. The molecule has 3 rings (SSSR count). The second-order valence-electron chi connectivity index (χ2n) is 5.65. The molecule has 0 radical (unpaired) electrons. The molecular weight excluding hydrogens is 380 g/mol. The minimum Gasteiger partial charge on any atom is -0.406 e. The molecule has 28 heavy (non-hydrogen) atoms. The van der Waals surface area contributed by atoms with Gasteiger partial charge < -0.3 is 15.0 Å². The fraction of sp³-hybridized carbons (Fsp3) is 0.0526. The van der Waals surface area contributed by atoms with E-state index in [1.807, 2.05) is 0 Å². The van der Waals surface area contributed by atoms with Crippen LogP contribution in [0.3, 0.4) is 0 Å². The van der Waals surface area contributed by atoms with Crippen LogP contribution < -0.4 is 15.6 Å². The van der Waals surface area contributed by atoms with Crippen LogP contribution in [-0.4, -0.2) is 17.3 Å². The van der Waals surface area contributed by atoms with Gasteiger partial charge in [0.25, 0.3) is 11.5 Å². The predicted octanol–water partition coefficient (Wildman–Crippen LogP) is 4.33. The van der Waals surface area contributed by atoms with Crippen molar-refractivity contribution in [3.05, 3.63) is 82.4 Å². The monoisotopic (exact) mass is 392 g/mol. The average molecular weight is 392 g/mol. The molecule has 0 atom stereocenters. The van der Waals surface area contributed by atoms with Gasteiger partial charge in [-0.25, -0.2) is 4.39 Å². The first-order valence-electron chi connectivity index (χ1n) is 7.88. The van der Waals surface area contributed by atoms with Gasteiger partial charge in [0, 0.05) is 17.4 Å². The molecular formula is C19H12F4N2O3. The first-order valence-corrected chi connectivity index (χ1v) is 7.88. The van der Waals surface area contributed by atoms with Crippen molar-refractivity contribution < 1.29 is 27.1 Å². The van der Waals surface area contributed by atoms with Crippen molar-refractivity contribution in [2.45, 2.75) is 6.36 Å². The summed E-state index contributed by atoms with van der Waals surface area (Å²) in [5.74, 6) is -1.75. The van der Waals surface area contributed by atoms with Crippen molar-refractivity contribution >= 4 is 11.6 Å². The number of aromatic amines is 1. The van der Waals surface area contributed by atoms with E-state index in [9.17, 15) is 27.2 Å². The van der Waals surface area contributed by atoms with E-state index < -0.39 is 29.4 Å². The number of halogens is 4. The number of hydrogen-bond donors (Lipinski definition) is 2. The molecule has 3 aromatic rings. The van der Waals surface area contributed by atoms with Crippen molar-refractivity contribution in [1.82, 2.24) is 4.98 Å². The van der Waals surface area contributed by atoms with E-state index in [4.69, 9.17) is 0 Å². The highest BCUT2D eigenvalue weighted by atomic mass is 19.4. The summed E-state index contributed by atoms with van der Waals surface area (Å²) in [7, 11) is 0. The Labute approximate surface area is 155 Å². The van der Waals surface area contributed by atoms with E-state index in [2.05, 4.69) is 15.0 Å². The second-order valence-corrected chi connectivity index (χ2v) is 5.65. The molecule has 0 saturated heterocycles. The van der Waals surface area contributed by atoms with Crippen LogP contribution in [0.5, 0.6) is 5.75 Å². The Bertz CT molecular complexity index is 1060. The van der Waals surface area contributed by atoms with Crippen molar-refractivity contribution in [1.29, 1.82) is 0 Å². The second kappa shape index (κ2) is 7.55. The van der Waals surface area contributed by atoms with Gasteiger partial charge in [-0.05, 0) is 54.1 Å². The van der Waals surface area contributed by atoms with Gasteiger partial charge in [-0.2, -0.15) is 0 Å². The Morgan fingerprint density at radius 3 is 2.36 bits per heavy atom. The van der Waals surface area contributed by atoms with Gasteiger partial charge in [0.05, 0.1) is 0 Å². The standard InChI is InChI=1S/C19H12F4N2O3/c20-12-6-4-11(5-7-12)16-9-8-15(18(27)25-16)17(26)24-13-2-1-3-14(10-13)28-19(21,22)23/h1-10H,(H,24,26)(H,25,27). The predicted molar refractivity (Wildman–Crippen MR) is 93.5 cm³/mol. The van der Waals surface area contributed by atoms with Gasteiger partial charge in [0.2, 0.25) is 0 Å². The summed E-state index contributed by atoms with van der Waals surface area (Å²) in [5.41, 5.74) is -0.00614. The average Bonchev–Trinajstić information content (AvgIpc) is 2.61. The Hall–Kier alpha value is -3.62. The van der Waals surface area contributed by atoms with E-state index >= 15 is 0 Å². The van der Waals surface area contributed by atoms with Crippen molar-refractivity contribution in [2.24, 2.45) is 0 Å². The maximum Gasteiger partial charge on any atom is 0.573 e. The van der Waals surface area contributed by atoms with Crippen LogP contribution in [0.25, 0.3) is 11.3 Å². The minimum absolute atomic E-state index is 0.0220. The number of pyridine rings is 1. The van der Waals surface area contributed by atoms with Gasteiger partial charge in [-0.3, -0.25) is 9.59 Å². The van der Waals surface area contributed by atoms with E-state index in [1.54, 1.807) is 0 Å². The number of benzene rings is 2. The number of carbonyl (C=O) groups excluding carboxylic acids is 1. The topological polar surface area (TPSA) is 71.2 Å². The molecule has 0 spiro atoms. The molecule has 144 valence electrons. The molecule has 0 aliphatic rings. The molecule has 0 aliphatic carbocycles. The Morgan fingerprint density at radius 1 is 1.00 bits per heavy atom. The lowest BCUT2D eigenvalue weighted by atomic mass is 10.1. The van der Waals surface area contributed by atoms with Crippen molar-refractivity contribution in [3.8, 4) is 17.0 Å². The zero-order chi connectivity index (χ0) is 20.3. The maximum atomic E-state index is 13.0. The number of ether oxygens (including phenoxy) is 1. The number of carbonyl (C=O) groups is 1. The molecule has 0 unspecified atom stereocenters. The van der Waals surface area contributed by atoms with E-state index in [1.165, 1.54) is 48.5 Å². The highest BCUT2D eigenvalue weighted by molar-refractivity contribution is 6.04. The summed E-state index contributed by atoms with van der Waals surface area (Å²) in [6.07, 6.45) is -4.87. The fourth-order valence-electron chi connectivity index (χ4n) is 2.42. The van der Waals surface area contributed by atoms with Gasteiger partial charge in [-0.15, -0.1) is 13.2 Å². The lowest BCUT2D eigenvalue weighted by molar-refractivity contribution is -0.274. The zero-order valence-electron chi connectivity index (χ0n) is 14.0. The molecule has 2 aromatic carbocycles. The number of nitrogens with one attached hydrogen (secondary N) is 2. The van der Waals surface area contributed by atoms with E-state index in [-0.39, 0.29) is 11.3 Å². The third-order valence-electron chi connectivity index (χ3n) is 3.63. The number of rotatable bonds is 4. The Balaban J connectivity index is 1.79. The molecule has 0 aliphatic heterocycles. The normalized spacial score (nSPS) is 11.1. The third kappa shape index (κ3) is 4.76. The van der Waals surface area contributed by atoms with Gasteiger partial charge in [0.15, 0.2) is 0 Å². The highest BCUT2D eigenvalue weighted by Gasteiger charge is 2.31. The number of alkyl halides is 3. The van der Waals surface area contributed by atoms with Gasteiger partial charge >= 0.3 is 6.36 Å². The number of aromatic nitrogens is 1. The molecule has 0 fully saturated rings. The number of H-pyrrole nitrogens is 1. The molecule has 9 heteroatoms. The van der Waals surface area contributed by atoms with Gasteiger partial charge in [-0.1, -0.05) is 6.07 Å². The molecule has 1 aromatic heterocycles. The number of amides is 1. The minimum atomic E-state index is -4.87. The summed E-state index contributed by atoms with van der Waals surface area (Å²) in [6, 6.07) is 12.8. The van der Waals surface area contributed by atoms with Crippen molar-refractivity contribution in [3.63, 3.8) is 0 Å². The van der Waals surface area contributed by atoms with Crippen LogP contribution in [0.1, 0.15) is 10.4 Å². The molecule has 1 heterocycles. The van der Waals surface area contributed by atoms with E-state index in [0.717, 1.165) is 12.1 Å². The summed E-state index contributed by atoms with van der Waals surface area (Å²) in [6.45, 7) is 0. The summed E-state index contributed by atoms with van der Waals surface area (Å²) in [4.78, 5) is 27.0. The zero-order valence-corrected chi connectivity index (χ0v) is 14.0. The first-order chi connectivity index (χ1) is 13.2. The SMILES string of the molecule is O=C(Nc1cccc(OC(F)(F)F)c1)c1ccc(-c2ccc(F)cc2)[nH]c1=O. The lowest BCUT2D eigenvalue weighted by Crippen LogP contribution is -2.23. The summed E-state index contributed by atoms with van der Waals surface area (Å²) >= 11 is 0. The Morgan fingerprint density at radius 2 is 1.71 bits per heavy atom. The quantitative estimate of drug-likeness (QED) is 0.650. The highest BCUT2D eigenvalue weighted by Crippen LogP contribution is 2.25.